The first-order chi connectivity index (χ1) is 9.36. The Hall–Kier alpha value is -1.39. The fourth-order valence-electron chi connectivity index (χ4n) is 2.14. The molecule has 0 aliphatic rings. The SMILES string of the molecule is CCCOCCn1nc(CNCC)c2ccccc21. The number of para-hydroxylation sites is 1. The van der Waals surface area contributed by atoms with Gasteiger partial charge in [0.1, 0.15) is 0 Å². The summed E-state index contributed by atoms with van der Waals surface area (Å²) in [4.78, 5) is 0. The molecule has 0 unspecified atom stereocenters. The standard InChI is InChI=1S/C15H23N3O/c1-3-10-19-11-9-18-15-8-6-5-7-13(15)14(17-18)12-16-4-2/h5-8,16H,3-4,9-12H2,1-2H3. The molecule has 1 heterocycles. The zero-order valence-electron chi connectivity index (χ0n) is 11.9. The molecule has 0 bridgehead atoms. The predicted molar refractivity (Wildman–Crippen MR) is 78.2 cm³/mol. The Bertz CT molecular complexity index is 507. The third-order valence-corrected chi connectivity index (χ3v) is 3.07. The van der Waals surface area contributed by atoms with Crippen LogP contribution in [0.4, 0.5) is 0 Å². The first-order valence-electron chi connectivity index (χ1n) is 7.09. The summed E-state index contributed by atoms with van der Waals surface area (Å²) in [7, 11) is 0. The van der Waals surface area contributed by atoms with Crippen LogP contribution in [-0.2, 0) is 17.8 Å². The average molecular weight is 261 g/mol. The van der Waals surface area contributed by atoms with Crippen molar-refractivity contribution in [2.45, 2.75) is 33.4 Å². The lowest BCUT2D eigenvalue weighted by Gasteiger charge is -2.04. The maximum absolute atomic E-state index is 5.55. The third-order valence-electron chi connectivity index (χ3n) is 3.07. The summed E-state index contributed by atoms with van der Waals surface area (Å²) < 4.78 is 7.60. The van der Waals surface area contributed by atoms with Crippen LogP contribution >= 0.6 is 0 Å². The number of nitrogens with one attached hydrogen (secondary N) is 1. The van der Waals surface area contributed by atoms with Crippen LogP contribution in [0.1, 0.15) is 26.0 Å². The molecule has 1 aromatic heterocycles. The molecule has 1 aromatic carbocycles. The fourth-order valence-corrected chi connectivity index (χ4v) is 2.14. The van der Waals surface area contributed by atoms with Crippen LogP contribution < -0.4 is 5.32 Å². The molecule has 1 N–H and O–H groups in total. The highest BCUT2D eigenvalue weighted by Gasteiger charge is 2.08. The third kappa shape index (κ3) is 3.55. The number of hydrogen-bond acceptors (Lipinski definition) is 3. The van der Waals surface area contributed by atoms with Gasteiger partial charge in [0.2, 0.25) is 0 Å². The Morgan fingerprint density at radius 3 is 2.84 bits per heavy atom. The first kappa shape index (κ1) is 14.0. The van der Waals surface area contributed by atoms with Crippen LogP contribution in [0.25, 0.3) is 10.9 Å². The van der Waals surface area contributed by atoms with Gasteiger partial charge >= 0.3 is 0 Å². The number of aromatic nitrogens is 2. The zero-order chi connectivity index (χ0) is 13.5. The van der Waals surface area contributed by atoms with E-state index in [0.717, 1.165) is 45.0 Å². The predicted octanol–water partition coefficient (Wildman–Crippen LogP) is 2.57. The number of fused-ring (bicyclic) bond motifs is 1. The maximum Gasteiger partial charge on any atom is 0.0841 e. The summed E-state index contributed by atoms with van der Waals surface area (Å²) in [6.07, 6.45) is 1.06. The highest BCUT2D eigenvalue weighted by Crippen LogP contribution is 2.18. The minimum atomic E-state index is 0.722. The molecule has 0 saturated heterocycles. The van der Waals surface area contributed by atoms with Crippen molar-refractivity contribution in [3.8, 4) is 0 Å². The molecule has 2 aromatic rings. The summed E-state index contributed by atoms with van der Waals surface area (Å²) in [6, 6.07) is 8.39. The average Bonchev–Trinajstić information content (AvgIpc) is 2.80. The van der Waals surface area contributed by atoms with Gasteiger partial charge in [-0.3, -0.25) is 4.68 Å². The van der Waals surface area contributed by atoms with Gasteiger partial charge in [0.15, 0.2) is 0 Å². The van der Waals surface area contributed by atoms with Crippen LogP contribution in [0.3, 0.4) is 0 Å². The van der Waals surface area contributed by atoms with Crippen molar-refractivity contribution in [1.29, 1.82) is 0 Å². The second-order valence-electron chi connectivity index (χ2n) is 4.58. The first-order valence-corrected chi connectivity index (χ1v) is 7.09. The Morgan fingerprint density at radius 2 is 2.05 bits per heavy atom. The van der Waals surface area contributed by atoms with E-state index in [9.17, 15) is 0 Å². The van der Waals surface area contributed by atoms with Gasteiger partial charge in [-0.15, -0.1) is 0 Å². The molecule has 19 heavy (non-hydrogen) atoms. The van der Waals surface area contributed by atoms with Crippen molar-refractivity contribution >= 4 is 10.9 Å². The molecule has 0 radical (unpaired) electrons. The highest BCUT2D eigenvalue weighted by atomic mass is 16.5. The van der Waals surface area contributed by atoms with Gasteiger partial charge in [0.25, 0.3) is 0 Å². The zero-order valence-corrected chi connectivity index (χ0v) is 11.9. The molecule has 0 amide bonds. The Morgan fingerprint density at radius 1 is 1.21 bits per heavy atom. The summed E-state index contributed by atoms with van der Waals surface area (Å²) in [5.41, 5.74) is 2.31. The molecule has 0 aliphatic heterocycles. The summed E-state index contributed by atoms with van der Waals surface area (Å²) >= 11 is 0. The molecular weight excluding hydrogens is 238 g/mol. The van der Waals surface area contributed by atoms with Crippen molar-refractivity contribution in [3.63, 3.8) is 0 Å². The lowest BCUT2D eigenvalue weighted by Crippen LogP contribution is -2.13. The van der Waals surface area contributed by atoms with Gasteiger partial charge in [-0.1, -0.05) is 32.0 Å². The van der Waals surface area contributed by atoms with E-state index in [1.165, 1.54) is 10.9 Å². The molecule has 4 heteroatoms. The maximum atomic E-state index is 5.55. The number of benzene rings is 1. The van der Waals surface area contributed by atoms with Crippen molar-refractivity contribution < 1.29 is 4.74 Å². The highest BCUT2D eigenvalue weighted by molar-refractivity contribution is 5.81. The minimum Gasteiger partial charge on any atom is -0.380 e. The Balaban J connectivity index is 2.13. The molecule has 104 valence electrons. The molecule has 0 spiro atoms. The van der Waals surface area contributed by atoms with Crippen LogP contribution in [0.2, 0.25) is 0 Å². The van der Waals surface area contributed by atoms with Gasteiger partial charge in [0.05, 0.1) is 24.4 Å². The molecule has 0 saturated carbocycles. The Kier molecular flexibility index (Phi) is 5.36. The van der Waals surface area contributed by atoms with Gasteiger partial charge in [-0.2, -0.15) is 5.10 Å². The van der Waals surface area contributed by atoms with Crippen molar-refractivity contribution in [3.05, 3.63) is 30.0 Å². The van der Waals surface area contributed by atoms with Gasteiger partial charge in [0, 0.05) is 18.5 Å². The van der Waals surface area contributed by atoms with Crippen LogP contribution in [0.5, 0.6) is 0 Å². The fraction of sp³-hybridized carbons (Fsp3) is 0.533. The smallest absolute Gasteiger partial charge is 0.0841 e. The molecular formula is C15H23N3O. The Labute approximate surface area is 114 Å². The minimum absolute atomic E-state index is 0.722. The van der Waals surface area contributed by atoms with Crippen molar-refractivity contribution in [2.24, 2.45) is 0 Å². The van der Waals surface area contributed by atoms with Gasteiger partial charge in [-0.05, 0) is 19.0 Å². The second-order valence-corrected chi connectivity index (χ2v) is 4.58. The summed E-state index contributed by atoms with van der Waals surface area (Å²) in [6.45, 7) is 8.37. The lowest BCUT2D eigenvalue weighted by molar-refractivity contribution is 0.125. The second kappa shape index (κ2) is 7.26. The van der Waals surface area contributed by atoms with Crippen molar-refractivity contribution in [2.75, 3.05) is 19.8 Å². The number of rotatable bonds is 8. The summed E-state index contributed by atoms with van der Waals surface area (Å²) in [5.74, 6) is 0. The van der Waals surface area contributed by atoms with E-state index in [4.69, 9.17) is 9.84 Å². The van der Waals surface area contributed by atoms with Crippen LogP contribution in [-0.4, -0.2) is 29.5 Å². The molecule has 0 atom stereocenters. The normalized spacial score (nSPS) is 11.3. The van der Waals surface area contributed by atoms with E-state index in [0.29, 0.717) is 0 Å². The topological polar surface area (TPSA) is 39.1 Å². The van der Waals surface area contributed by atoms with E-state index in [-0.39, 0.29) is 0 Å². The largest absolute Gasteiger partial charge is 0.380 e. The number of nitrogens with zero attached hydrogens (tertiary/aromatic N) is 2. The number of hydrogen-bond donors (Lipinski definition) is 1. The van der Waals surface area contributed by atoms with Crippen LogP contribution in [0, 0.1) is 0 Å². The van der Waals surface area contributed by atoms with Crippen LogP contribution in [0.15, 0.2) is 24.3 Å². The van der Waals surface area contributed by atoms with Crippen molar-refractivity contribution in [1.82, 2.24) is 15.1 Å². The van der Waals surface area contributed by atoms with E-state index in [1.54, 1.807) is 0 Å². The molecule has 0 aliphatic carbocycles. The summed E-state index contributed by atoms with van der Waals surface area (Å²) in [5, 5.41) is 9.27. The van der Waals surface area contributed by atoms with E-state index >= 15 is 0 Å². The van der Waals surface area contributed by atoms with Gasteiger partial charge < -0.3 is 10.1 Å². The van der Waals surface area contributed by atoms with Gasteiger partial charge in [-0.25, -0.2) is 0 Å². The monoisotopic (exact) mass is 261 g/mol. The van der Waals surface area contributed by atoms with E-state index in [1.807, 2.05) is 0 Å². The van der Waals surface area contributed by atoms with E-state index in [2.05, 4.69) is 48.1 Å². The molecule has 2 rings (SSSR count). The lowest BCUT2D eigenvalue weighted by atomic mass is 10.2. The number of ether oxygens (including phenoxy) is 1. The van der Waals surface area contributed by atoms with E-state index < -0.39 is 0 Å². The molecule has 0 fully saturated rings. The molecule has 4 nitrogen and oxygen atoms in total. The quantitative estimate of drug-likeness (QED) is 0.742.